The van der Waals surface area contributed by atoms with E-state index in [1.807, 2.05) is 38.1 Å². The molecule has 0 atom stereocenters. The predicted molar refractivity (Wildman–Crippen MR) is 102 cm³/mol. The second-order valence-corrected chi connectivity index (χ2v) is 6.07. The van der Waals surface area contributed by atoms with Crippen LogP contribution >= 0.6 is 0 Å². The van der Waals surface area contributed by atoms with Gasteiger partial charge in [0.05, 0.1) is 19.6 Å². The van der Waals surface area contributed by atoms with Crippen LogP contribution in [0.5, 0.6) is 5.75 Å². The Morgan fingerprint density at radius 2 is 1.74 bits per heavy atom. The number of carbonyl (C=O) groups is 2. The number of rotatable bonds is 7. The fourth-order valence-corrected chi connectivity index (χ4v) is 2.55. The van der Waals surface area contributed by atoms with Gasteiger partial charge in [-0.25, -0.2) is 4.79 Å². The summed E-state index contributed by atoms with van der Waals surface area (Å²) in [4.78, 5) is 26.4. The summed E-state index contributed by atoms with van der Waals surface area (Å²) >= 11 is 0. The van der Waals surface area contributed by atoms with Crippen LogP contribution in [-0.2, 0) is 9.53 Å². The molecule has 0 bridgehead atoms. The highest BCUT2D eigenvalue weighted by atomic mass is 16.5. The van der Waals surface area contributed by atoms with Crippen molar-refractivity contribution in [3.63, 3.8) is 0 Å². The Balaban J connectivity index is 2.11. The van der Waals surface area contributed by atoms with E-state index in [2.05, 4.69) is 0 Å². The molecule has 0 aliphatic heterocycles. The van der Waals surface area contributed by atoms with E-state index < -0.39 is 18.5 Å². The summed E-state index contributed by atoms with van der Waals surface area (Å²) in [6.07, 6.45) is 0.180. The normalized spacial score (nSPS) is 10.0. The van der Waals surface area contributed by atoms with E-state index >= 15 is 0 Å². The van der Waals surface area contributed by atoms with Crippen LogP contribution in [0.25, 0.3) is 0 Å². The van der Waals surface area contributed by atoms with Crippen LogP contribution < -0.4 is 9.64 Å². The minimum absolute atomic E-state index is 0.180. The summed E-state index contributed by atoms with van der Waals surface area (Å²) < 4.78 is 10.4. The first-order valence-corrected chi connectivity index (χ1v) is 8.52. The number of carbonyl (C=O) groups excluding carboxylic acids is 2. The molecule has 0 aliphatic rings. The third-order valence-corrected chi connectivity index (χ3v) is 4.00. The summed E-state index contributed by atoms with van der Waals surface area (Å²) in [5, 5.41) is 8.85. The molecule has 27 heavy (non-hydrogen) atoms. The van der Waals surface area contributed by atoms with E-state index in [-0.39, 0.29) is 18.5 Å². The monoisotopic (exact) mass is 366 g/mol. The quantitative estimate of drug-likeness (QED) is 0.702. The fraction of sp³-hybridized carbons (Fsp3) is 0.286. The first-order chi connectivity index (χ1) is 13.0. The van der Waals surface area contributed by atoms with Crippen LogP contribution in [-0.4, -0.2) is 32.1 Å². The van der Waals surface area contributed by atoms with Gasteiger partial charge < -0.3 is 14.4 Å². The van der Waals surface area contributed by atoms with Gasteiger partial charge in [0.2, 0.25) is 0 Å². The van der Waals surface area contributed by atoms with Gasteiger partial charge in [-0.05, 0) is 38.1 Å². The lowest BCUT2D eigenvalue weighted by atomic mass is 10.1. The Morgan fingerprint density at radius 3 is 2.37 bits per heavy atom. The Labute approximate surface area is 158 Å². The Bertz CT molecular complexity index is 853. The van der Waals surface area contributed by atoms with Gasteiger partial charge in [-0.3, -0.25) is 4.79 Å². The van der Waals surface area contributed by atoms with Gasteiger partial charge >= 0.3 is 5.97 Å². The third kappa shape index (κ3) is 5.32. The predicted octanol–water partition coefficient (Wildman–Crippen LogP) is 3.42. The maximum Gasteiger partial charge on any atom is 0.342 e. The average molecular weight is 366 g/mol. The minimum Gasteiger partial charge on any atom is -0.496 e. The number of benzene rings is 2. The molecule has 0 radical (unpaired) electrons. The van der Waals surface area contributed by atoms with E-state index in [4.69, 9.17) is 14.7 Å². The molecule has 0 fully saturated rings. The van der Waals surface area contributed by atoms with Crippen LogP contribution in [0.15, 0.2) is 42.5 Å². The Hall–Kier alpha value is -3.33. The number of ether oxygens (including phenoxy) is 2. The molecule has 0 saturated carbocycles. The molecule has 0 heterocycles. The highest BCUT2D eigenvalue weighted by Gasteiger charge is 2.20. The van der Waals surface area contributed by atoms with Crippen molar-refractivity contribution in [2.24, 2.45) is 0 Å². The van der Waals surface area contributed by atoms with Crippen molar-refractivity contribution in [3.8, 4) is 11.8 Å². The van der Waals surface area contributed by atoms with E-state index in [0.29, 0.717) is 11.4 Å². The van der Waals surface area contributed by atoms with Crippen LogP contribution in [0.2, 0.25) is 0 Å². The van der Waals surface area contributed by atoms with E-state index in [0.717, 1.165) is 11.1 Å². The smallest absolute Gasteiger partial charge is 0.342 e. The fourth-order valence-electron chi connectivity index (χ4n) is 2.55. The Morgan fingerprint density at radius 1 is 1.07 bits per heavy atom. The van der Waals surface area contributed by atoms with Crippen molar-refractivity contribution in [2.45, 2.75) is 20.3 Å². The minimum atomic E-state index is -0.631. The molecule has 1 amide bonds. The summed E-state index contributed by atoms with van der Waals surface area (Å²) in [5.74, 6) is -0.639. The zero-order valence-corrected chi connectivity index (χ0v) is 15.7. The van der Waals surface area contributed by atoms with Crippen molar-refractivity contribution >= 4 is 17.6 Å². The Kier molecular flexibility index (Phi) is 6.95. The number of aryl methyl sites for hydroxylation is 2. The molecule has 0 unspecified atom stereocenters. The van der Waals surface area contributed by atoms with Gasteiger partial charge in [-0.15, -0.1) is 0 Å². The maximum absolute atomic E-state index is 12.6. The summed E-state index contributed by atoms with van der Waals surface area (Å²) in [7, 11) is 1.47. The maximum atomic E-state index is 12.6. The number of esters is 1. The van der Waals surface area contributed by atoms with E-state index in [1.54, 1.807) is 24.3 Å². The molecule has 0 spiro atoms. The van der Waals surface area contributed by atoms with Gasteiger partial charge in [0.1, 0.15) is 11.3 Å². The first kappa shape index (κ1) is 20.0. The van der Waals surface area contributed by atoms with Crippen molar-refractivity contribution in [1.82, 2.24) is 0 Å². The topological polar surface area (TPSA) is 79.6 Å². The van der Waals surface area contributed by atoms with E-state index in [9.17, 15) is 9.59 Å². The van der Waals surface area contributed by atoms with Crippen LogP contribution in [0, 0.1) is 25.2 Å². The van der Waals surface area contributed by atoms with Crippen molar-refractivity contribution in [3.05, 3.63) is 59.2 Å². The van der Waals surface area contributed by atoms with Crippen molar-refractivity contribution in [2.75, 3.05) is 25.2 Å². The van der Waals surface area contributed by atoms with Crippen LogP contribution in [0.4, 0.5) is 5.69 Å². The van der Waals surface area contributed by atoms with Crippen LogP contribution in [0.1, 0.15) is 27.9 Å². The van der Waals surface area contributed by atoms with Crippen molar-refractivity contribution < 1.29 is 19.1 Å². The number of hydrogen-bond donors (Lipinski definition) is 0. The third-order valence-electron chi connectivity index (χ3n) is 4.00. The summed E-state index contributed by atoms with van der Waals surface area (Å²) in [5.41, 5.74) is 2.86. The average Bonchev–Trinajstić information content (AvgIpc) is 2.67. The lowest BCUT2D eigenvalue weighted by molar-refractivity contribution is -0.121. The largest absolute Gasteiger partial charge is 0.496 e. The van der Waals surface area contributed by atoms with Gasteiger partial charge in [0.15, 0.2) is 6.61 Å². The van der Waals surface area contributed by atoms with Crippen molar-refractivity contribution in [1.29, 1.82) is 5.26 Å². The first-order valence-electron chi connectivity index (χ1n) is 8.52. The van der Waals surface area contributed by atoms with Gasteiger partial charge in [-0.2, -0.15) is 5.26 Å². The highest BCUT2D eigenvalue weighted by molar-refractivity contribution is 5.98. The zero-order chi connectivity index (χ0) is 19.8. The molecule has 0 N–H and O–H groups in total. The molecule has 0 saturated heterocycles. The molecular weight excluding hydrogens is 344 g/mol. The second kappa shape index (κ2) is 9.39. The molecular formula is C21H22N2O4. The standard InChI is InChI=1S/C21H22N2O4/c1-15-5-8-17(9-6-15)23(12-4-11-22)20(24)14-27-21(25)18-13-16(2)7-10-19(18)26-3/h5-10,13H,4,12,14H2,1-3H3. The number of anilines is 1. The molecule has 2 aromatic carbocycles. The zero-order valence-electron chi connectivity index (χ0n) is 15.7. The highest BCUT2D eigenvalue weighted by Crippen LogP contribution is 2.21. The second-order valence-electron chi connectivity index (χ2n) is 6.07. The molecule has 2 rings (SSSR count). The summed E-state index contributed by atoms with van der Waals surface area (Å²) in [6.45, 7) is 3.60. The van der Waals surface area contributed by atoms with Gasteiger partial charge in [-0.1, -0.05) is 29.3 Å². The molecule has 0 aromatic heterocycles. The van der Waals surface area contributed by atoms with Crippen LogP contribution in [0.3, 0.4) is 0 Å². The number of nitriles is 1. The molecule has 6 heteroatoms. The van der Waals surface area contributed by atoms with Gasteiger partial charge in [0, 0.05) is 12.2 Å². The lowest BCUT2D eigenvalue weighted by Gasteiger charge is -2.22. The number of methoxy groups -OCH3 is 1. The number of hydrogen-bond acceptors (Lipinski definition) is 5. The number of amides is 1. The summed E-state index contributed by atoms with van der Waals surface area (Å²) in [6, 6.07) is 14.5. The van der Waals surface area contributed by atoms with E-state index in [1.165, 1.54) is 12.0 Å². The lowest BCUT2D eigenvalue weighted by Crippen LogP contribution is -2.35. The SMILES string of the molecule is COc1ccc(C)cc1C(=O)OCC(=O)N(CCC#N)c1ccc(C)cc1. The number of nitrogens with zero attached hydrogens (tertiary/aromatic N) is 2. The molecule has 140 valence electrons. The molecule has 6 nitrogen and oxygen atoms in total. The van der Waals surface area contributed by atoms with Gasteiger partial charge in [0.25, 0.3) is 5.91 Å². The molecule has 0 aliphatic carbocycles. The molecule has 2 aromatic rings.